The molecule has 1 aliphatic heterocycles. The second-order valence-electron chi connectivity index (χ2n) is 7.45. The summed E-state index contributed by atoms with van der Waals surface area (Å²) in [5, 5.41) is 0.850. The molecule has 0 bridgehead atoms. The Bertz CT molecular complexity index is 1050. The van der Waals surface area contributed by atoms with Crippen LogP contribution >= 0.6 is 0 Å². The van der Waals surface area contributed by atoms with Gasteiger partial charge in [0.05, 0.1) is 23.0 Å². The van der Waals surface area contributed by atoms with Gasteiger partial charge in [-0.1, -0.05) is 0 Å². The number of rotatable bonds is 4. The highest BCUT2D eigenvalue weighted by Crippen LogP contribution is 2.27. The van der Waals surface area contributed by atoms with Crippen molar-refractivity contribution in [3.05, 3.63) is 71.4 Å². The first-order valence-electron chi connectivity index (χ1n) is 9.79. The van der Waals surface area contributed by atoms with E-state index in [0.29, 0.717) is 11.6 Å². The molecule has 1 saturated heterocycles. The number of piperidine rings is 1. The van der Waals surface area contributed by atoms with Gasteiger partial charge in [0.25, 0.3) is 0 Å². The van der Waals surface area contributed by atoms with Gasteiger partial charge >= 0.3 is 5.97 Å². The number of halogens is 2. The Hall–Kier alpha value is -3.02. The van der Waals surface area contributed by atoms with E-state index >= 15 is 0 Å². The molecular weight excluding hydrogens is 374 g/mol. The van der Waals surface area contributed by atoms with Crippen LogP contribution in [0.3, 0.4) is 0 Å². The molecule has 0 N–H and O–H groups in total. The van der Waals surface area contributed by atoms with Gasteiger partial charge in [-0.3, -0.25) is 4.98 Å². The topological polar surface area (TPSA) is 42.4 Å². The van der Waals surface area contributed by atoms with E-state index in [2.05, 4.69) is 16.8 Å². The highest BCUT2D eigenvalue weighted by molar-refractivity contribution is 5.95. The Morgan fingerprint density at radius 3 is 2.83 bits per heavy atom. The fraction of sp³-hybridized carbons (Fsp3) is 0.304. The van der Waals surface area contributed by atoms with Crippen molar-refractivity contribution in [1.82, 2.24) is 4.98 Å². The van der Waals surface area contributed by atoms with E-state index in [1.165, 1.54) is 12.5 Å². The molecule has 150 valence electrons. The third-order valence-corrected chi connectivity index (χ3v) is 5.41. The van der Waals surface area contributed by atoms with E-state index in [9.17, 15) is 13.6 Å². The number of nitrogens with zero attached hydrogens (tertiary/aromatic N) is 2. The summed E-state index contributed by atoms with van der Waals surface area (Å²) in [6.07, 6.45) is 5.43. The van der Waals surface area contributed by atoms with Gasteiger partial charge in [-0.2, -0.15) is 0 Å². The average molecular weight is 396 g/mol. The number of aromatic nitrogens is 1. The van der Waals surface area contributed by atoms with Crippen LogP contribution in [0.2, 0.25) is 0 Å². The number of carbonyl (C=O) groups excluding carboxylic acids is 1. The Balaban J connectivity index is 1.53. The minimum Gasteiger partial charge on any atom is -0.457 e. The number of benzene rings is 2. The molecule has 2 heterocycles. The Kier molecular flexibility index (Phi) is 5.43. The average Bonchev–Trinajstić information content (AvgIpc) is 2.72. The molecule has 0 radical (unpaired) electrons. The van der Waals surface area contributed by atoms with Crippen LogP contribution in [0.1, 0.15) is 42.1 Å². The second kappa shape index (κ2) is 8.15. The molecule has 29 heavy (non-hydrogen) atoms. The summed E-state index contributed by atoms with van der Waals surface area (Å²) >= 11 is 0. The van der Waals surface area contributed by atoms with Crippen LogP contribution in [0.25, 0.3) is 10.9 Å². The molecule has 0 aliphatic carbocycles. The maximum absolute atomic E-state index is 13.7. The SMILES string of the molecule is C[C@H]1CCCCN1c1cnc2ccc(C(=O)OCc3ccc(F)cc3F)cc2c1. The van der Waals surface area contributed by atoms with Gasteiger partial charge in [-0.15, -0.1) is 0 Å². The third kappa shape index (κ3) is 4.21. The van der Waals surface area contributed by atoms with Crippen LogP contribution in [0.5, 0.6) is 0 Å². The van der Waals surface area contributed by atoms with Crippen molar-refractivity contribution in [2.24, 2.45) is 0 Å². The summed E-state index contributed by atoms with van der Waals surface area (Å²) in [7, 11) is 0. The molecule has 0 saturated carbocycles. The van der Waals surface area contributed by atoms with Crippen LogP contribution in [0, 0.1) is 11.6 Å². The predicted molar refractivity (Wildman–Crippen MR) is 108 cm³/mol. The molecule has 2 aromatic carbocycles. The van der Waals surface area contributed by atoms with Gasteiger partial charge in [-0.05, 0) is 62.6 Å². The lowest BCUT2D eigenvalue weighted by atomic mass is 10.0. The first-order valence-corrected chi connectivity index (χ1v) is 9.79. The number of ether oxygens (including phenoxy) is 1. The summed E-state index contributed by atoms with van der Waals surface area (Å²) in [5.74, 6) is -1.97. The smallest absolute Gasteiger partial charge is 0.338 e. The third-order valence-electron chi connectivity index (χ3n) is 5.41. The number of fused-ring (bicyclic) bond motifs is 1. The molecule has 4 rings (SSSR count). The zero-order chi connectivity index (χ0) is 20.4. The van der Waals surface area contributed by atoms with E-state index in [-0.39, 0.29) is 12.2 Å². The van der Waals surface area contributed by atoms with Crippen LogP contribution in [-0.2, 0) is 11.3 Å². The summed E-state index contributed by atoms with van der Waals surface area (Å²) < 4.78 is 31.9. The molecule has 6 heteroatoms. The highest BCUT2D eigenvalue weighted by Gasteiger charge is 2.19. The van der Waals surface area contributed by atoms with Crippen LogP contribution in [-0.4, -0.2) is 23.5 Å². The van der Waals surface area contributed by atoms with Crippen molar-refractivity contribution in [2.45, 2.75) is 38.8 Å². The molecule has 0 unspecified atom stereocenters. The lowest BCUT2D eigenvalue weighted by Crippen LogP contribution is -2.37. The first-order chi connectivity index (χ1) is 14.0. The largest absolute Gasteiger partial charge is 0.457 e. The molecule has 1 aromatic heterocycles. The summed E-state index contributed by atoms with van der Waals surface area (Å²) in [5.41, 5.74) is 2.33. The molecule has 1 fully saturated rings. The van der Waals surface area contributed by atoms with Gasteiger partial charge in [0, 0.05) is 29.6 Å². The minimum atomic E-state index is -0.735. The zero-order valence-electron chi connectivity index (χ0n) is 16.2. The molecule has 3 aromatic rings. The standard InChI is InChI=1S/C23H22F2N2O2/c1-15-4-2-3-9-27(15)20-11-18-10-16(6-8-22(18)26-13-20)23(28)29-14-17-5-7-19(24)12-21(17)25/h5-8,10-13,15H,2-4,9,14H2,1H3/t15-/m0/s1. The van der Waals surface area contributed by atoms with Gasteiger partial charge in [0.2, 0.25) is 0 Å². The normalized spacial score (nSPS) is 16.8. The molecule has 0 spiro atoms. The van der Waals surface area contributed by atoms with Crippen LogP contribution in [0.4, 0.5) is 14.5 Å². The van der Waals surface area contributed by atoms with Crippen molar-refractivity contribution in [2.75, 3.05) is 11.4 Å². The molecule has 0 amide bonds. The van der Waals surface area contributed by atoms with Crippen molar-refractivity contribution >= 4 is 22.6 Å². The van der Waals surface area contributed by atoms with E-state index in [4.69, 9.17) is 4.74 Å². The number of hydrogen-bond donors (Lipinski definition) is 0. The Labute approximate surface area is 168 Å². The fourth-order valence-corrected chi connectivity index (χ4v) is 3.75. The number of pyridine rings is 1. The van der Waals surface area contributed by atoms with Crippen molar-refractivity contribution in [3.8, 4) is 0 Å². The number of esters is 1. The van der Waals surface area contributed by atoms with E-state index < -0.39 is 17.6 Å². The number of anilines is 1. The number of carbonyl (C=O) groups is 1. The second-order valence-corrected chi connectivity index (χ2v) is 7.45. The molecular formula is C23H22F2N2O2. The van der Waals surface area contributed by atoms with Gasteiger partial charge < -0.3 is 9.64 Å². The van der Waals surface area contributed by atoms with Crippen LogP contribution in [0.15, 0.2) is 48.7 Å². The Morgan fingerprint density at radius 1 is 1.17 bits per heavy atom. The summed E-state index contributed by atoms with van der Waals surface area (Å²) in [6.45, 7) is 2.96. The van der Waals surface area contributed by atoms with Gasteiger partial charge in [0.1, 0.15) is 18.2 Å². The van der Waals surface area contributed by atoms with Gasteiger partial charge in [0.15, 0.2) is 0 Å². The first kappa shape index (κ1) is 19.3. The maximum Gasteiger partial charge on any atom is 0.338 e. The fourth-order valence-electron chi connectivity index (χ4n) is 3.75. The summed E-state index contributed by atoms with van der Waals surface area (Å²) in [6, 6.07) is 10.8. The van der Waals surface area contributed by atoms with Crippen molar-refractivity contribution < 1.29 is 18.3 Å². The highest BCUT2D eigenvalue weighted by atomic mass is 19.1. The molecule has 1 aliphatic rings. The van der Waals surface area contributed by atoms with Crippen molar-refractivity contribution in [3.63, 3.8) is 0 Å². The zero-order valence-corrected chi connectivity index (χ0v) is 16.2. The quantitative estimate of drug-likeness (QED) is 0.565. The van der Waals surface area contributed by atoms with Crippen molar-refractivity contribution in [1.29, 1.82) is 0 Å². The minimum absolute atomic E-state index is 0.128. The summed E-state index contributed by atoms with van der Waals surface area (Å²) in [4.78, 5) is 19.3. The van der Waals surface area contributed by atoms with E-state index in [0.717, 1.165) is 48.1 Å². The predicted octanol–water partition coefficient (Wildman–Crippen LogP) is 5.25. The molecule has 1 atom stereocenters. The monoisotopic (exact) mass is 396 g/mol. The Morgan fingerprint density at radius 2 is 2.03 bits per heavy atom. The maximum atomic E-state index is 13.7. The number of hydrogen-bond acceptors (Lipinski definition) is 4. The van der Waals surface area contributed by atoms with Crippen LogP contribution < -0.4 is 4.90 Å². The lowest BCUT2D eigenvalue weighted by molar-refractivity contribution is 0.0469. The molecule has 4 nitrogen and oxygen atoms in total. The van der Waals surface area contributed by atoms with E-state index in [1.54, 1.807) is 18.2 Å². The van der Waals surface area contributed by atoms with Gasteiger partial charge in [-0.25, -0.2) is 13.6 Å². The lowest BCUT2D eigenvalue weighted by Gasteiger charge is -2.35. The van der Waals surface area contributed by atoms with E-state index in [1.807, 2.05) is 12.3 Å².